The first-order valence-corrected chi connectivity index (χ1v) is 11.5. The van der Waals surface area contributed by atoms with Crippen molar-refractivity contribution in [1.29, 1.82) is 0 Å². The molecule has 1 heterocycles. The molecule has 5 nitrogen and oxygen atoms in total. The van der Waals surface area contributed by atoms with Crippen LogP contribution < -0.4 is 10.1 Å². The predicted molar refractivity (Wildman–Crippen MR) is 127 cm³/mol. The number of rotatable bonds is 7. The van der Waals surface area contributed by atoms with Crippen LogP contribution in [0, 0.1) is 5.92 Å². The van der Waals surface area contributed by atoms with Crippen molar-refractivity contribution in [3.63, 3.8) is 0 Å². The van der Waals surface area contributed by atoms with Crippen molar-refractivity contribution in [3.05, 3.63) is 78.4 Å². The quantitative estimate of drug-likeness (QED) is 0.668. The lowest BCUT2D eigenvalue weighted by molar-refractivity contribution is -0.0653. The molecular formula is C27H34N2O3. The normalized spacial score (nSPS) is 27.9. The van der Waals surface area contributed by atoms with E-state index in [2.05, 4.69) is 35.0 Å². The van der Waals surface area contributed by atoms with Crippen LogP contribution >= 0.6 is 0 Å². The summed E-state index contributed by atoms with van der Waals surface area (Å²) in [4.78, 5) is 15.4. The minimum atomic E-state index is -0.0836. The van der Waals surface area contributed by atoms with Gasteiger partial charge in [0, 0.05) is 43.1 Å². The Bertz CT molecular complexity index is 932. The lowest BCUT2D eigenvalue weighted by atomic mass is 9.57. The van der Waals surface area contributed by atoms with Gasteiger partial charge in [-0.1, -0.05) is 36.4 Å². The molecule has 2 aromatic carbocycles. The third-order valence-corrected chi connectivity index (χ3v) is 7.32. The maximum absolute atomic E-state index is 13.0. The van der Waals surface area contributed by atoms with Gasteiger partial charge in [-0.15, -0.1) is 6.58 Å². The minimum Gasteiger partial charge on any atom is -0.497 e. The summed E-state index contributed by atoms with van der Waals surface area (Å²) < 4.78 is 11.6. The van der Waals surface area contributed by atoms with Gasteiger partial charge < -0.3 is 14.8 Å². The van der Waals surface area contributed by atoms with Crippen LogP contribution in [0.3, 0.4) is 0 Å². The van der Waals surface area contributed by atoms with E-state index in [1.54, 1.807) is 14.2 Å². The molecule has 2 fully saturated rings. The van der Waals surface area contributed by atoms with Crippen molar-refractivity contribution < 1.29 is 14.3 Å². The molecule has 1 amide bonds. The summed E-state index contributed by atoms with van der Waals surface area (Å²) in [7, 11) is 3.51. The highest BCUT2D eigenvalue weighted by Gasteiger charge is 2.52. The molecule has 2 aromatic rings. The fraction of sp³-hybridized carbons (Fsp3) is 0.444. The maximum atomic E-state index is 13.0. The lowest BCUT2D eigenvalue weighted by Crippen LogP contribution is -2.61. The molecule has 1 N–H and O–H groups in total. The van der Waals surface area contributed by atoms with E-state index in [4.69, 9.17) is 9.47 Å². The Kier molecular flexibility index (Phi) is 6.97. The third kappa shape index (κ3) is 4.45. The number of hydrogen-bond acceptors (Lipinski definition) is 4. The van der Waals surface area contributed by atoms with E-state index in [9.17, 15) is 4.79 Å². The van der Waals surface area contributed by atoms with E-state index in [1.165, 1.54) is 5.56 Å². The first-order chi connectivity index (χ1) is 15.6. The van der Waals surface area contributed by atoms with Crippen LogP contribution in [0.5, 0.6) is 5.75 Å². The Morgan fingerprint density at radius 3 is 2.75 bits per heavy atom. The van der Waals surface area contributed by atoms with E-state index in [0.29, 0.717) is 11.5 Å². The molecule has 170 valence electrons. The van der Waals surface area contributed by atoms with Crippen molar-refractivity contribution >= 4 is 5.91 Å². The summed E-state index contributed by atoms with van der Waals surface area (Å²) in [5.41, 5.74) is 1.89. The van der Waals surface area contributed by atoms with Crippen molar-refractivity contribution in [1.82, 2.24) is 10.2 Å². The molecule has 0 spiro atoms. The molecule has 1 aliphatic carbocycles. The first-order valence-electron chi connectivity index (χ1n) is 11.5. The largest absolute Gasteiger partial charge is 0.497 e. The van der Waals surface area contributed by atoms with Gasteiger partial charge in [-0.2, -0.15) is 0 Å². The smallest absolute Gasteiger partial charge is 0.251 e. The highest BCUT2D eigenvalue weighted by atomic mass is 16.5. The summed E-state index contributed by atoms with van der Waals surface area (Å²) in [6.45, 7) is 6.77. The number of fused-ring (bicyclic) bond motifs is 1. The fourth-order valence-corrected chi connectivity index (χ4v) is 5.77. The average Bonchev–Trinajstić information content (AvgIpc) is 2.84. The molecule has 2 aliphatic rings. The molecule has 0 radical (unpaired) electrons. The van der Waals surface area contributed by atoms with E-state index >= 15 is 0 Å². The van der Waals surface area contributed by atoms with Gasteiger partial charge in [-0.05, 0) is 55.6 Å². The third-order valence-electron chi connectivity index (χ3n) is 7.32. The van der Waals surface area contributed by atoms with Gasteiger partial charge >= 0.3 is 0 Å². The van der Waals surface area contributed by atoms with Crippen molar-refractivity contribution in [2.45, 2.75) is 36.8 Å². The van der Waals surface area contributed by atoms with Crippen LogP contribution in [-0.2, 0) is 10.2 Å². The number of nitrogens with zero attached hydrogens (tertiary/aromatic N) is 1. The summed E-state index contributed by atoms with van der Waals surface area (Å²) in [6, 6.07) is 17.9. The molecular weight excluding hydrogens is 400 g/mol. The summed E-state index contributed by atoms with van der Waals surface area (Å²) >= 11 is 0. The SMILES string of the molecule is C=CCN1CCC2(c3cccc(OC)c3)CC(NC(=O)c3ccccc3)CC(OC)C2C1. The Morgan fingerprint density at radius 1 is 1.22 bits per heavy atom. The number of carbonyl (C=O) groups excluding carboxylic acids is 1. The van der Waals surface area contributed by atoms with Crippen LogP contribution in [-0.4, -0.2) is 56.8 Å². The van der Waals surface area contributed by atoms with Gasteiger partial charge in [-0.25, -0.2) is 0 Å². The van der Waals surface area contributed by atoms with E-state index < -0.39 is 0 Å². The molecule has 0 aromatic heterocycles. The Hall–Kier alpha value is -2.63. The number of piperidine rings is 1. The highest BCUT2D eigenvalue weighted by Crippen LogP contribution is 2.50. The zero-order chi connectivity index (χ0) is 22.6. The highest BCUT2D eigenvalue weighted by molar-refractivity contribution is 5.94. The standard InChI is InChI=1S/C27H34N2O3/c1-4-14-29-15-13-27(21-11-8-12-23(16-21)31-2)18-22(17-25(32-3)24(27)19-29)28-26(30)20-9-6-5-7-10-20/h4-12,16,22,24-25H,1,13-15,17-19H2,2-3H3,(H,28,30). The zero-order valence-corrected chi connectivity index (χ0v) is 19.1. The molecule has 4 rings (SSSR count). The molecule has 4 unspecified atom stereocenters. The van der Waals surface area contributed by atoms with Crippen LogP contribution in [0.1, 0.15) is 35.2 Å². The van der Waals surface area contributed by atoms with E-state index in [-0.39, 0.29) is 23.5 Å². The van der Waals surface area contributed by atoms with Crippen LogP contribution in [0.25, 0.3) is 0 Å². The number of methoxy groups -OCH3 is 2. The van der Waals surface area contributed by atoms with E-state index in [1.807, 2.05) is 42.5 Å². The minimum absolute atomic E-state index is 0.0196. The second-order valence-electron chi connectivity index (χ2n) is 9.04. The molecule has 1 saturated carbocycles. The van der Waals surface area contributed by atoms with Gasteiger partial charge in [0.05, 0.1) is 13.2 Å². The number of carbonyl (C=O) groups is 1. The van der Waals surface area contributed by atoms with E-state index in [0.717, 1.165) is 44.6 Å². The summed E-state index contributed by atoms with van der Waals surface area (Å²) in [5.74, 6) is 1.18. The number of hydrogen-bond donors (Lipinski definition) is 1. The van der Waals surface area contributed by atoms with Gasteiger partial charge in [0.15, 0.2) is 0 Å². The maximum Gasteiger partial charge on any atom is 0.251 e. The van der Waals surface area contributed by atoms with Crippen LogP contribution in [0.2, 0.25) is 0 Å². The summed E-state index contributed by atoms with van der Waals surface area (Å²) in [6.07, 6.45) is 4.75. The van der Waals surface area contributed by atoms with Gasteiger partial charge in [0.1, 0.15) is 5.75 Å². The monoisotopic (exact) mass is 434 g/mol. The van der Waals surface area contributed by atoms with Crippen LogP contribution in [0.15, 0.2) is 67.3 Å². The van der Waals surface area contributed by atoms with Gasteiger partial charge in [0.2, 0.25) is 0 Å². The topological polar surface area (TPSA) is 50.8 Å². The number of amides is 1. The summed E-state index contributed by atoms with van der Waals surface area (Å²) in [5, 5.41) is 3.31. The lowest BCUT2D eigenvalue weighted by Gasteiger charge is -2.55. The van der Waals surface area contributed by atoms with Crippen molar-refractivity contribution in [2.75, 3.05) is 33.9 Å². The predicted octanol–water partition coefficient (Wildman–Crippen LogP) is 4.05. The number of likely N-dealkylation sites (tertiary alicyclic amines) is 1. The fourth-order valence-electron chi connectivity index (χ4n) is 5.77. The molecule has 5 heteroatoms. The Morgan fingerprint density at radius 2 is 2.03 bits per heavy atom. The average molecular weight is 435 g/mol. The second-order valence-corrected chi connectivity index (χ2v) is 9.04. The Balaban J connectivity index is 1.67. The second kappa shape index (κ2) is 9.88. The molecule has 32 heavy (non-hydrogen) atoms. The van der Waals surface area contributed by atoms with Crippen molar-refractivity contribution in [2.24, 2.45) is 5.92 Å². The van der Waals surface area contributed by atoms with Gasteiger partial charge in [0.25, 0.3) is 5.91 Å². The van der Waals surface area contributed by atoms with Crippen LogP contribution in [0.4, 0.5) is 0 Å². The molecule has 1 saturated heterocycles. The van der Waals surface area contributed by atoms with Crippen molar-refractivity contribution in [3.8, 4) is 5.75 Å². The number of nitrogens with one attached hydrogen (secondary N) is 1. The Labute approximate surface area is 191 Å². The van der Waals surface area contributed by atoms with Gasteiger partial charge in [-0.3, -0.25) is 9.69 Å². The molecule has 4 atom stereocenters. The molecule has 1 aliphatic heterocycles. The molecule has 0 bridgehead atoms. The number of benzene rings is 2. The number of ether oxygens (including phenoxy) is 2. The zero-order valence-electron chi connectivity index (χ0n) is 19.1. The first kappa shape index (κ1) is 22.6.